The predicted molar refractivity (Wildman–Crippen MR) is 70.3 cm³/mol. The molecule has 0 radical (unpaired) electrons. The fraction of sp³-hybridized carbons (Fsp3) is 0.182. The van der Waals surface area contributed by atoms with Crippen LogP contribution >= 0.6 is 23.2 Å². The Balaban J connectivity index is 2.06. The molecule has 2 rings (SSSR count). The maximum Gasteiger partial charge on any atom is 0.181 e. The van der Waals surface area contributed by atoms with Gasteiger partial charge in [-0.15, -0.1) is 0 Å². The van der Waals surface area contributed by atoms with Crippen molar-refractivity contribution >= 4 is 29.0 Å². The Labute approximate surface area is 114 Å². The molecule has 1 aromatic carbocycles. The second kappa shape index (κ2) is 5.37. The van der Waals surface area contributed by atoms with Gasteiger partial charge in [-0.25, -0.2) is 4.68 Å². The molecule has 2 aromatic rings. The first kappa shape index (κ1) is 12.9. The van der Waals surface area contributed by atoms with Crippen LogP contribution in [0.1, 0.15) is 0 Å². The van der Waals surface area contributed by atoms with Gasteiger partial charge in [-0.05, 0) is 12.1 Å². The smallest absolute Gasteiger partial charge is 0.181 e. The average molecular weight is 288 g/mol. The van der Waals surface area contributed by atoms with Crippen molar-refractivity contribution in [3.05, 3.63) is 34.4 Å². The number of rotatable bonds is 4. The summed E-state index contributed by atoms with van der Waals surface area (Å²) in [4.78, 5) is 0. The summed E-state index contributed by atoms with van der Waals surface area (Å²) in [6, 6.07) is 5.14. The zero-order valence-corrected chi connectivity index (χ0v) is 11.1. The Bertz CT molecular complexity index is 538. The van der Waals surface area contributed by atoms with Crippen LogP contribution in [0.3, 0.4) is 0 Å². The molecule has 0 fully saturated rings. The number of benzene rings is 1. The van der Waals surface area contributed by atoms with Crippen LogP contribution in [-0.4, -0.2) is 16.9 Å². The minimum absolute atomic E-state index is 0.170. The lowest BCUT2D eigenvalue weighted by Crippen LogP contribution is -2.06. The second-order valence-electron chi connectivity index (χ2n) is 3.47. The third-order valence-corrected chi connectivity index (χ3v) is 2.82. The maximum absolute atomic E-state index is 6.03. The molecular formula is C11H11Cl2N3O2. The maximum atomic E-state index is 6.03. The molecule has 5 nitrogen and oxygen atoms in total. The molecule has 0 aliphatic heterocycles. The SMILES string of the molecule is COc1ccc(OCn2cc(Cl)c(N)n2)c(Cl)c1. The number of hydrogen-bond donors (Lipinski definition) is 1. The number of aromatic nitrogens is 2. The molecule has 1 heterocycles. The molecule has 0 saturated heterocycles. The molecule has 96 valence electrons. The summed E-state index contributed by atoms with van der Waals surface area (Å²) in [6.45, 7) is 0.170. The van der Waals surface area contributed by atoms with Gasteiger partial charge in [0.15, 0.2) is 12.5 Å². The lowest BCUT2D eigenvalue weighted by Gasteiger charge is -2.09. The van der Waals surface area contributed by atoms with E-state index in [0.29, 0.717) is 21.5 Å². The fourth-order valence-corrected chi connectivity index (χ4v) is 1.71. The number of nitrogen functional groups attached to an aromatic ring is 1. The molecule has 0 aliphatic rings. The van der Waals surface area contributed by atoms with Crippen LogP contribution in [0.4, 0.5) is 5.82 Å². The summed E-state index contributed by atoms with van der Waals surface area (Å²) in [5, 5.41) is 4.81. The van der Waals surface area contributed by atoms with Gasteiger partial charge in [0.25, 0.3) is 0 Å². The molecule has 7 heteroatoms. The van der Waals surface area contributed by atoms with Crippen LogP contribution in [-0.2, 0) is 6.73 Å². The molecule has 0 atom stereocenters. The van der Waals surface area contributed by atoms with Crippen molar-refractivity contribution < 1.29 is 9.47 Å². The van der Waals surface area contributed by atoms with E-state index in [1.807, 2.05) is 0 Å². The first-order chi connectivity index (χ1) is 8.60. The number of ether oxygens (including phenoxy) is 2. The number of hydrogen-bond acceptors (Lipinski definition) is 4. The zero-order chi connectivity index (χ0) is 13.1. The zero-order valence-electron chi connectivity index (χ0n) is 9.56. The van der Waals surface area contributed by atoms with E-state index in [0.717, 1.165) is 0 Å². The average Bonchev–Trinajstić information content (AvgIpc) is 2.67. The van der Waals surface area contributed by atoms with E-state index >= 15 is 0 Å². The molecule has 1 aromatic heterocycles. The van der Waals surface area contributed by atoms with Gasteiger partial charge >= 0.3 is 0 Å². The molecular weight excluding hydrogens is 277 g/mol. The highest BCUT2D eigenvalue weighted by molar-refractivity contribution is 6.32. The fourth-order valence-electron chi connectivity index (χ4n) is 1.34. The van der Waals surface area contributed by atoms with Gasteiger partial charge in [-0.3, -0.25) is 0 Å². The number of halogens is 2. The number of anilines is 1. The van der Waals surface area contributed by atoms with E-state index in [1.165, 1.54) is 4.68 Å². The molecule has 0 aliphatic carbocycles. The third kappa shape index (κ3) is 2.80. The monoisotopic (exact) mass is 287 g/mol. The van der Waals surface area contributed by atoms with Gasteiger partial charge in [-0.2, -0.15) is 5.10 Å². The molecule has 18 heavy (non-hydrogen) atoms. The molecule has 0 unspecified atom stereocenters. The highest BCUT2D eigenvalue weighted by Gasteiger charge is 2.06. The number of nitrogens with zero attached hydrogens (tertiary/aromatic N) is 2. The van der Waals surface area contributed by atoms with Crippen LogP contribution < -0.4 is 15.2 Å². The van der Waals surface area contributed by atoms with Crippen molar-refractivity contribution in [2.24, 2.45) is 0 Å². The third-order valence-electron chi connectivity index (χ3n) is 2.23. The van der Waals surface area contributed by atoms with Crippen molar-refractivity contribution in [3.8, 4) is 11.5 Å². The summed E-state index contributed by atoms with van der Waals surface area (Å²) in [5.41, 5.74) is 5.52. The summed E-state index contributed by atoms with van der Waals surface area (Å²) in [5.74, 6) is 1.46. The van der Waals surface area contributed by atoms with E-state index in [-0.39, 0.29) is 12.5 Å². The highest BCUT2D eigenvalue weighted by Crippen LogP contribution is 2.29. The van der Waals surface area contributed by atoms with Crippen LogP contribution in [0.15, 0.2) is 24.4 Å². The van der Waals surface area contributed by atoms with E-state index in [4.69, 9.17) is 38.4 Å². The highest BCUT2D eigenvalue weighted by atomic mass is 35.5. The quantitative estimate of drug-likeness (QED) is 0.939. The van der Waals surface area contributed by atoms with Gasteiger partial charge in [0.05, 0.1) is 12.1 Å². The Morgan fingerprint density at radius 2 is 2.11 bits per heavy atom. The predicted octanol–water partition coefficient (Wildman–Crippen LogP) is 2.82. The lowest BCUT2D eigenvalue weighted by molar-refractivity contribution is 0.221. The Morgan fingerprint density at radius 1 is 1.33 bits per heavy atom. The van der Waals surface area contributed by atoms with Crippen molar-refractivity contribution in [3.63, 3.8) is 0 Å². The van der Waals surface area contributed by atoms with Crippen LogP contribution in [0, 0.1) is 0 Å². The Hall–Kier alpha value is -1.59. The standard InChI is InChI=1S/C11H11Cl2N3O2/c1-17-7-2-3-10(8(12)4-7)18-6-16-5-9(13)11(14)15-16/h2-5H,6H2,1H3,(H2,14,15). The lowest BCUT2D eigenvalue weighted by atomic mass is 10.3. The first-order valence-corrected chi connectivity index (χ1v) is 5.80. The van der Waals surface area contributed by atoms with E-state index in [9.17, 15) is 0 Å². The van der Waals surface area contributed by atoms with Gasteiger partial charge in [0.2, 0.25) is 0 Å². The van der Waals surface area contributed by atoms with Gasteiger partial charge in [0.1, 0.15) is 16.5 Å². The van der Waals surface area contributed by atoms with Crippen LogP contribution in [0.2, 0.25) is 10.0 Å². The number of methoxy groups -OCH3 is 1. The largest absolute Gasteiger partial charge is 0.497 e. The first-order valence-electron chi connectivity index (χ1n) is 5.05. The molecule has 0 amide bonds. The van der Waals surface area contributed by atoms with E-state index < -0.39 is 0 Å². The van der Waals surface area contributed by atoms with Crippen molar-refractivity contribution in [2.45, 2.75) is 6.73 Å². The minimum Gasteiger partial charge on any atom is -0.497 e. The molecule has 0 saturated carbocycles. The van der Waals surface area contributed by atoms with Gasteiger partial charge < -0.3 is 15.2 Å². The minimum atomic E-state index is 0.170. The molecule has 0 spiro atoms. The van der Waals surface area contributed by atoms with Gasteiger partial charge in [0, 0.05) is 12.3 Å². The Kier molecular flexibility index (Phi) is 3.84. The molecule has 2 N–H and O–H groups in total. The molecule has 0 bridgehead atoms. The van der Waals surface area contributed by atoms with E-state index in [1.54, 1.807) is 31.5 Å². The van der Waals surface area contributed by atoms with Crippen LogP contribution in [0.25, 0.3) is 0 Å². The topological polar surface area (TPSA) is 62.3 Å². The van der Waals surface area contributed by atoms with E-state index in [2.05, 4.69) is 5.10 Å². The second-order valence-corrected chi connectivity index (χ2v) is 4.29. The normalized spacial score (nSPS) is 10.4. The van der Waals surface area contributed by atoms with Crippen molar-refractivity contribution in [1.82, 2.24) is 9.78 Å². The summed E-state index contributed by atoms with van der Waals surface area (Å²) in [6.07, 6.45) is 1.58. The summed E-state index contributed by atoms with van der Waals surface area (Å²) < 4.78 is 12.0. The van der Waals surface area contributed by atoms with Crippen molar-refractivity contribution in [2.75, 3.05) is 12.8 Å². The number of nitrogens with two attached hydrogens (primary N) is 1. The Morgan fingerprint density at radius 3 is 2.67 bits per heavy atom. The van der Waals surface area contributed by atoms with Crippen molar-refractivity contribution in [1.29, 1.82) is 0 Å². The summed E-state index contributed by atoms with van der Waals surface area (Å²) >= 11 is 11.8. The van der Waals surface area contributed by atoms with Gasteiger partial charge in [-0.1, -0.05) is 23.2 Å². The summed E-state index contributed by atoms with van der Waals surface area (Å²) in [7, 11) is 1.57. The van der Waals surface area contributed by atoms with Crippen LogP contribution in [0.5, 0.6) is 11.5 Å².